The van der Waals surface area contributed by atoms with Crippen molar-refractivity contribution >= 4 is 17.6 Å². The van der Waals surface area contributed by atoms with Crippen LogP contribution in [0.4, 0.5) is 5.69 Å². The number of nitrogens with zero attached hydrogens (tertiary/aromatic N) is 1. The van der Waals surface area contributed by atoms with Crippen molar-refractivity contribution < 1.29 is 14.7 Å². The average Bonchev–Trinajstić information content (AvgIpc) is 2.46. The van der Waals surface area contributed by atoms with Crippen LogP contribution in [0.25, 0.3) is 0 Å². The molecule has 0 heterocycles. The van der Waals surface area contributed by atoms with Gasteiger partial charge in [-0.3, -0.25) is 9.59 Å². The van der Waals surface area contributed by atoms with Gasteiger partial charge in [0, 0.05) is 12.2 Å². The van der Waals surface area contributed by atoms with E-state index in [2.05, 4.69) is 0 Å². The number of carboxylic acid groups (broad SMARTS) is 1. The lowest BCUT2D eigenvalue weighted by Crippen LogP contribution is -2.48. The first kappa shape index (κ1) is 16.2. The number of aliphatic carboxylic acids is 1. The highest BCUT2D eigenvalue weighted by molar-refractivity contribution is 5.97. The van der Waals surface area contributed by atoms with E-state index in [0.29, 0.717) is 5.69 Å². The fourth-order valence-corrected chi connectivity index (χ4v) is 1.86. The normalized spacial score (nSPS) is 13.6. The predicted molar refractivity (Wildman–Crippen MR) is 78.5 cm³/mol. The topological polar surface area (TPSA) is 83.6 Å². The van der Waals surface area contributed by atoms with Crippen LogP contribution in [0.5, 0.6) is 0 Å². The fourth-order valence-electron chi connectivity index (χ4n) is 1.86. The summed E-state index contributed by atoms with van der Waals surface area (Å²) in [5.74, 6) is -1.11. The second-order valence-electron chi connectivity index (χ2n) is 4.88. The van der Waals surface area contributed by atoms with Gasteiger partial charge in [0.1, 0.15) is 0 Å². The van der Waals surface area contributed by atoms with E-state index < -0.39 is 12.0 Å². The van der Waals surface area contributed by atoms with Crippen molar-refractivity contribution in [3.05, 3.63) is 30.3 Å². The lowest BCUT2D eigenvalue weighted by atomic mass is 9.98. The zero-order valence-electron chi connectivity index (χ0n) is 12.0. The molecule has 20 heavy (non-hydrogen) atoms. The number of hydrogen-bond acceptors (Lipinski definition) is 3. The van der Waals surface area contributed by atoms with Crippen LogP contribution in [0, 0.1) is 5.92 Å². The number of carbonyl (C=O) groups is 2. The minimum Gasteiger partial charge on any atom is -0.481 e. The second-order valence-corrected chi connectivity index (χ2v) is 4.88. The standard InChI is InChI=1S/C15H22N2O3/c1-3-11(2)14(16)15(20)17(10-9-13(18)19)12-7-5-4-6-8-12/h4-8,11,14H,3,9-10,16H2,1-2H3,(H,18,19)/t11-,14-/m0/s1. The van der Waals surface area contributed by atoms with Gasteiger partial charge in [0.25, 0.3) is 0 Å². The lowest BCUT2D eigenvalue weighted by molar-refractivity contribution is -0.136. The maximum absolute atomic E-state index is 12.5. The summed E-state index contributed by atoms with van der Waals surface area (Å²) in [5.41, 5.74) is 6.66. The summed E-state index contributed by atoms with van der Waals surface area (Å²) in [6.45, 7) is 4.02. The van der Waals surface area contributed by atoms with Crippen LogP contribution >= 0.6 is 0 Å². The van der Waals surface area contributed by atoms with Crippen LogP contribution in [0.3, 0.4) is 0 Å². The molecule has 1 aromatic carbocycles. The molecule has 0 spiro atoms. The summed E-state index contributed by atoms with van der Waals surface area (Å²) >= 11 is 0. The molecule has 1 rings (SSSR count). The van der Waals surface area contributed by atoms with Gasteiger partial charge in [-0.15, -0.1) is 0 Å². The van der Waals surface area contributed by atoms with E-state index in [-0.39, 0.29) is 24.8 Å². The smallest absolute Gasteiger partial charge is 0.305 e. The number of anilines is 1. The van der Waals surface area contributed by atoms with E-state index in [1.54, 1.807) is 12.1 Å². The molecule has 0 fully saturated rings. The monoisotopic (exact) mass is 278 g/mol. The molecule has 0 aliphatic carbocycles. The van der Waals surface area contributed by atoms with E-state index in [1.807, 2.05) is 32.0 Å². The Morgan fingerprint density at radius 1 is 1.30 bits per heavy atom. The van der Waals surface area contributed by atoms with Crippen molar-refractivity contribution in [1.82, 2.24) is 0 Å². The molecule has 2 atom stereocenters. The second kappa shape index (κ2) is 7.65. The zero-order valence-corrected chi connectivity index (χ0v) is 12.0. The van der Waals surface area contributed by atoms with Crippen molar-refractivity contribution in [1.29, 1.82) is 0 Å². The molecule has 0 aliphatic rings. The van der Waals surface area contributed by atoms with Gasteiger partial charge in [0.2, 0.25) is 5.91 Å². The molecule has 0 aliphatic heterocycles. The largest absolute Gasteiger partial charge is 0.481 e. The molecule has 0 aromatic heterocycles. The van der Waals surface area contributed by atoms with Crippen molar-refractivity contribution in [3.63, 3.8) is 0 Å². The molecule has 5 heteroatoms. The number of benzene rings is 1. The molecule has 0 saturated carbocycles. The van der Waals surface area contributed by atoms with Gasteiger partial charge < -0.3 is 15.7 Å². The zero-order chi connectivity index (χ0) is 15.1. The quantitative estimate of drug-likeness (QED) is 0.797. The lowest BCUT2D eigenvalue weighted by Gasteiger charge is -2.27. The maximum atomic E-state index is 12.5. The highest BCUT2D eigenvalue weighted by Gasteiger charge is 2.26. The number of nitrogens with two attached hydrogens (primary N) is 1. The van der Waals surface area contributed by atoms with Gasteiger partial charge >= 0.3 is 5.97 Å². The summed E-state index contributed by atoms with van der Waals surface area (Å²) < 4.78 is 0. The van der Waals surface area contributed by atoms with Gasteiger partial charge in [-0.25, -0.2) is 0 Å². The summed E-state index contributed by atoms with van der Waals surface area (Å²) in [4.78, 5) is 24.7. The van der Waals surface area contributed by atoms with Crippen LogP contribution < -0.4 is 10.6 Å². The Labute approximate surface area is 119 Å². The van der Waals surface area contributed by atoms with Crippen molar-refractivity contribution in [2.45, 2.75) is 32.7 Å². The number of rotatable bonds is 7. The predicted octanol–water partition coefficient (Wildman–Crippen LogP) is 1.87. The average molecular weight is 278 g/mol. The minimum atomic E-state index is -0.934. The minimum absolute atomic E-state index is 0.0542. The van der Waals surface area contributed by atoms with Gasteiger partial charge in [-0.2, -0.15) is 0 Å². The molecular weight excluding hydrogens is 256 g/mol. The Kier molecular flexibility index (Phi) is 6.18. The molecule has 110 valence electrons. The summed E-state index contributed by atoms with van der Waals surface area (Å²) in [6, 6.07) is 8.41. The van der Waals surface area contributed by atoms with E-state index >= 15 is 0 Å². The van der Waals surface area contributed by atoms with E-state index in [0.717, 1.165) is 6.42 Å². The van der Waals surface area contributed by atoms with Crippen molar-refractivity contribution in [3.8, 4) is 0 Å². The highest BCUT2D eigenvalue weighted by atomic mass is 16.4. The van der Waals surface area contributed by atoms with Crippen molar-refractivity contribution in [2.75, 3.05) is 11.4 Å². The molecule has 0 radical (unpaired) electrons. The SMILES string of the molecule is CC[C@H](C)[C@H](N)C(=O)N(CCC(=O)O)c1ccccc1. The summed E-state index contributed by atoms with van der Waals surface area (Å²) in [5, 5.41) is 8.82. The van der Waals surface area contributed by atoms with E-state index in [9.17, 15) is 9.59 Å². The highest BCUT2D eigenvalue weighted by Crippen LogP contribution is 2.17. The Morgan fingerprint density at radius 3 is 2.40 bits per heavy atom. The third-order valence-corrected chi connectivity index (χ3v) is 3.43. The first-order valence-corrected chi connectivity index (χ1v) is 6.81. The van der Waals surface area contributed by atoms with Gasteiger partial charge in [0.05, 0.1) is 12.5 Å². The van der Waals surface area contributed by atoms with E-state index in [1.165, 1.54) is 4.90 Å². The fraction of sp³-hybridized carbons (Fsp3) is 0.467. The third kappa shape index (κ3) is 4.35. The summed E-state index contributed by atoms with van der Waals surface area (Å²) in [6.07, 6.45) is 0.697. The van der Waals surface area contributed by atoms with Gasteiger partial charge in [0.15, 0.2) is 0 Å². The van der Waals surface area contributed by atoms with Crippen LogP contribution in [0.2, 0.25) is 0 Å². The third-order valence-electron chi connectivity index (χ3n) is 3.43. The molecular formula is C15H22N2O3. The maximum Gasteiger partial charge on any atom is 0.305 e. The summed E-state index contributed by atoms with van der Waals surface area (Å²) in [7, 11) is 0. The Morgan fingerprint density at radius 2 is 1.90 bits per heavy atom. The van der Waals surface area contributed by atoms with Gasteiger partial charge in [-0.05, 0) is 18.1 Å². The molecule has 5 nitrogen and oxygen atoms in total. The Balaban J connectivity index is 2.92. The number of hydrogen-bond donors (Lipinski definition) is 2. The van der Waals surface area contributed by atoms with Crippen LogP contribution in [0.1, 0.15) is 26.7 Å². The molecule has 1 aromatic rings. The molecule has 3 N–H and O–H groups in total. The van der Waals surface area contributed by atoms with Crippen molar-refractivity contribution in [2.24, 2.45) is 11.7 Å². The Bertz CT molecular complexity index is 448. The number of carboxylic acids is 1. The van der Waals surface area contributed by atoms with Crippen LogP contribution in [-0.2, 0) is 9.59 Å². The van der Waals surface area contributed by atoms with Gasteiger partial charge in [-0.1, -0.05) is 38.5 Å². The molecule has 0 saturated heterocycles. The number of para-hydroxylation sites is 1. The molecule has 1 amide bonds. The first-order valence-electron chi connectivity index (χ1n) is 6.81. The number of carbonyl (C=O) groups excluding carboxylic acids is 1. The van der Waals surface area contributed by atoms with Crippen LogP contribution in [-0.4, -0.2) is 29.6 Å². The molecule has 0 bridgehead atoms. The number of amides is 1. The van der Waals surface area contributed by atoms with Crippen LogP contribution in [0.15, 0.2) is 30.3 Å². The molecule has 0 unspecified atom stereocenters. The Hall–Kier alpha value is -1.88. The first-order chi connectivity index (χ1) is 9.47. The van der Waals surface area contributed by atoms with E-state index in [4.69, 9.17) is 10.8 Å².